The average molecular weight is 420 g/mol. The molecule has 0 unspecified atom stereocenters. The number of carboxylic acids is 1. The Morgan fingerprint density at radius 3 is 2.54 bits per heavy atom. The van der Waals surface area contributed by atoms with Gasteiger partial charge in [-0.2, -0.15) is 13.2 Å². The van der Waals surface area contributed by atoms with Crippen LogP contribution in [0.4, 0.5) is 13.2 Å². The summed E-state index contributed by atoms with van der Waals surface area (Å²) in [5, 5.41) is 7.12. The van der Waals surface area contributed by atoms with Crippen LogP contribution in [0, 0.1) is 11.7 Å². The first-order valence-corrected chi connectivity index (χ1v) is 8.27. The number of ether oxygens (including phenoxy) is 1. The van der Waals surface area contributed by atoms with Gasteiger partial charge in [0.25, 0.3) is 5.56 Å². The number of aromatic amines is 1. The molecule has 0 amide bonds. The molecule has 0 aliphatic heterocycles. The standard InChI is InChI=1S/C14H18N4O2S.C2HF3O2/c1-9-6-10(13(20-2)16-8-9)11-7-12(19)17-14(21)18(11)5-3-4-15;3-2(4,5)1(6)7/h6-8H,3-5,15H2,1-2H3,(H,17,19,21);(H,6,7). The van der Waals surface area contributed by atoms with E-state index in [4.69, 9.17) is 32.6 Å². The van der Waals surface area contributed by atoms with Gasteiger partial charge in [0.05, 0.1) is 18.4 Å². The summed E-state index contributed by atoms with van der Waals surface area (Å²) >= 11 is 5.26. The molecule has 0 atom stereocenters. The number of carboxylic acid groups (broad SMARTS) is 1. The molecule has 2 aromatic heterocycles. The van der Waals surface area contributed by atoms with Crippen LogP contribution < -0.4 is 16.0 Å². The van der Waals surface area contributed by atoms with Gasteiger partial charge in [0.15, 0.2) is 4.77 Å². The van der Waals surface area contributed by atoms with Crippen molar-refractivity contribution < 1.29 is 27.8 Å². The Hall–Kier alpha value is -2.73. The van der Waals surface area contributed by atoms with Crippen molar-refractivity contribution in [1.29, 1.82) is 0 Å². The monoisotopic (exact) mass is 420 g/mol. The highest BCUT2D eigenvalue weighted by atomic mass is 32.1. The van der Waals surface area contributed by atoms with Crippen LogP contribution in [0.1, 0.15) is 12.0 Å². The van der Waals surface area contributed by atoms with E-state index < -0.39 is 12.1 Å². The number of carbonyl (C=O) groups is 1. The fraction of sp³-hybridized carbons (Fsp3) is 0.375. The average Bonchev–Trinajstić information content (AvgIpc) is 2.60. The van der Waals surface area contributed by atoms with Crippen LogP contribution in [0.3, 0.4) is 0 Å². The fourth-order valence-electron chi connectivity index (χ4n) is 2.12. The van der Waals surface area contributed by atoms with Gasteiger partial charge < -0.3 is 20.1 Å². The van der Waals surface area contributed by atoms with E-state index in [0.29, 0.717) is 29.4 Å². The van der Waals surface area contributed by atoms with Gasteiger partial charge in [0.2, 0.25) is 5.88 Å². The molecule has 0 saturated heterocycles. The first-order valence-electron chi connectivity index (χ1n) is 7.86. The fourth-order valence-corrected chi connectivity index (χ4v) is 2.41. The lowest BCUT2D eigenvalue weighted by molar-refractivity contribution is -0.192. The number of H-pyrrole nitrogens is 1. The summed E-state index contributed by atoms with van der Waals surface area (Å²) in [6.45, 7) is 3.10. The van der Waals surface area contributed by atoms with Crippen LogP contribution in [0.15, 0.2) is 23.1 Å². The molecule has 0 radical (unpaired) electrons. The van der Waals surface area contributed by atoms with Crippen LogP contribution in [-0.2, 0) is 11.3 Å². The number of rotatable bonds is 5. The van der Waals surface area contributed by atoms with Crippen molar-refractivity contribution in [2.24, 2.45) is 5.73 Å². The zero-order valence-electron chi connectivity index (χ0n) is 15.0. The van der Waals surface area contributed by atoms with E-state index in [2.05, 4.69) is 9.97 Å². The molecule has 2 heterocycles. The molecule has 12 heteroatoms. The van der Waals surface area contributed by atoms with Gasteiger partial charge in [-0.3, -0.25) is 9.78 Å². The van der Waals surface area contributed by atoms with Gasteiger partial charge >= 0.3 is 12.1 Å². The van der Waals surface area contributed by atoms with E-state index >= 15 is 0 Å². The van der Waals surface area contributed by atoms with Crippen molar-refractivity contribution >= 4 is 18.2 Å². The van der Waals surface area contributed by atoms with Gasteiger partial charge in [0, 0.05) is 18.8 Å². The SMILES string of the molecule is COc1ncc(C)cc1-c1cc(=O)[nH]c(=S)n1CCCN.O=C(O)C(F)(F)F. The van der Waals surface area contributed by atoms with E-state index in [9.17, 15) is 18.0 Å². The molecule has 154 valence electrons. The van der Waals surface area contributed by atoms with Gasteiger partial charge in [0.1, 0.15) is 0 Å². The van der Waals surface area contributed by atoms with Crippen molar-refractivity contribution in [1.82, 2.24) is 14.5 Å². The number of nitrogens with two attached hydrogens (primary N) is 1. The Morgan fingerprint density at radius 2 is 2.04 bits per heavy atom. The van der Waals surface area contributed by atoms with Crippen LogP contribution in [0.25, 0.3) is 11.3 Å². The van der Waals surface area contributed by atoms with E-state index in [1.54, 1.807) is 13.3 Å². The highest BCUT2D eigenvalue weighted by Crippen LogP contribution is 2.28. The zero-order chi connectivity index (χ0) is 21.5. The maximum atomic E-state index is 11.8. The van der Waals surface area contributed by atoms with E-state index in [1.807, 2.05) is 17.6 Å². The van der Waals surface area contributed by atoms with Crippen LogP contribution >= 0.6 is 12.2 Å². The number of nitrogens with zero attached hydrogens (tertiary/aromatic N) is 2. The normalized spacial score (nSPS) is 10.8. The summed E-state index contributed by atoms with van der Waals surface area (Å²) in [7, 11) is 1.55. The van der Waals surface area contributed by atoms with E-state index in [-0.39, 0.29) is 5.56 Å². The second-order valence-corrected chi connectivity index (χ2v) is 5.88. The molecule has 2 aromatic rings. The Bertz CT molecular complexity index is 941. The number of pyridine rings is 1. The smallest absolute Gasteiger partial charge is 0.481 e. The number of hydrogen-bond acceptors (Lipinski definition) is 6. The summed E-state index contributed by atoms with van der Waals surface area (Å²) in [5.41, 5.74) is 7.72. The summed E-state index contributed by atoms with van der Waals surface area (Å²) in [6.07, 6.45) is -2.61. The molecule has 8 nitrogen and oxygen atoms in total. The molecule has 0 bridgehead atoms. The number of aryl methyl sites for hydroxylation is 1. The van der Waals surface area contributed by atoms with Crippen molar-refractivity contribution in [3.05, 3.63) is 39.0 Å². The number of alkyl halides is 3. The number of methoxy groups -OCH3 is 1. The molecule has 28 heavy (non-hydrogen) atoms. The lowest BCUT2D eigenvalue weighted by Gasteiger charge is -2.15. The second kappa shape index (κ2) is 9.99. The summed E-state index contributed by atoms with van der Waals surface area (Å²) in [4.78, 5) is 27.5. The second-order valence-electron chi connectivity index (χ2n) is 5.49. The maximum absolute atomic E-state index is 11.8. The predicted molar refractivity (Wildman–Crippen MR) is 97.8 cm³/mol. The largest absolute Gasteiger partial charge is 0.490 e. The molecular formula is C16H19F3N4O4S. The lowest BCUT2D eigenvalue weighted by atomic mass is 10.1. The molecule has 0 aromatic carbocycles. The Morgan fingerprint density at radius 1 is 1.43 bits per heavy atom. The molecular weight excluding hydrogens is 401 g/mol. The van der Waals surface area contributed by atoms with Crippen LogP contribution in [-0.4, -0.2) is 45.4 Å². The van der Waals surface area contributed by atoms with Gasteiger partial charge in [-0.1, -0.05) is 0 Å². The summed E-state index contributed by atoms with van der Waals surface area (Å²) < 4.78 is 39.3. The summed E-state index contributed by atoms with van der Waals surface area (Å²) in [6, 6.07) is 3.43. The Kier molecular flexibility index (Phi) is 8.32. The zero-order valence-corrected chi connectivity index (χ0v) is 15.9. The minimum Gasteiger partial charge on any atom is -0.481 e. The van der Waals surface area contributed by atoms with Crippen LogP contribution in [0.2, 0.25) is 0 Å². The molecule has 4 N–H and O–H groups in total. The highest BCUT2D eigenvalue weighted by molar-refractivity contribution is 7.71. The third-order valence-corrected chi connectivity index (χ3v) is 3.64. The summed E-state index contributed by atoms with van der Waals surface area (Å²) in [5.74, 6) is -2.30. The first-order chi connectivity index (χ1) is 13.0. The first kappa shape index (κ1) is 23.3. The maximum Gasteiger partial charge on any atom is 0.490 e. The molecule has 0 spiro atoms. The van der Waals surface area contributed by atoms with Crippen molar-refractivity contribution in [2.75, 3.05) is 13.7 Å². The lowest BCUT2D eigenvalue weighted by Crippen LogP contribution is -2.21. The molecule has 0 fully saturated rings. The molecule has 0 saturated carbocycles. The molecule has 0 aliphatic carbocycles. The van der Waals surface area contributed by atoms with Gasteiger partial charge in [-0.15, -0.1) is 0 Å². The number of aliphatic carboxylic acids is 1. The number of hydrogen-bond donors (Lipinski definition) is 3. The quantitative estimate of drug-likeness (QED) is 0.634. The highest BCUT2D eigenvalue weighted by Gasteiger charge is 2.38. The third kappa shape index (κ3) is 6.46. The van der Waals surface area contributed by atoms with Crippen molar-refractivity contribution in [3.63, 3.8) is 0 Å². The number of nitrogens with one attached hydrogen (secondary N) is 1. The number of aromatic nitrogens is 3. The van der Waals surface area contributed by atoms with Gasteiger partial charge in [-0.05, 0) is 43.7 Å². The van der Waals surface area contributed by atoms with Crippen molar-refractivity contribution in [3.8, 4) is 17.1 Å². The molecule has 2 rings (SSSR count). The van der Waals surface area contributed by atoms with E-state index in [0.717, 1.165) is 17.5 Å². The van der Waals surface area contributed by atoms with E-state index in [1.165, 1.54) is 6.07 Å². The van der Waals surface area contributed by atoms with Crippen LogP contribution in [0.5, 0.6) is 5.88 Å². The number of halogens is 3. The predicted octanol–water partition coefficient (Wildman–Crippen LogP) is 2.27. The third-order valence-electron chi connectivity index (χ3n) is 3.32. The van der Waals surface area contributed by atoms with Crippen molar-refractivity contribution in [2.45, 2.75) is 26.1 Å². The Labute approximate surface area is 162 Å². The molecule has 0 aliphatic rings. The minimum atomic E-state index is -5.08. The Balaban J connectivity index is 0.000000480. The minimum absolute atomic E-state index is 0.248. The topological polar surface area (TPSA) is 123 Å². The van der Waals surface area contributed by atoms with Gasteiger partial charge in [-0.25, -0.2) is 9.78 Å².